The van der Waals surface area contributed by atoms with E-state index in [-0.39, 0.29) is 12.1 Å². The van der Waals surface area contributed by atoms with Crippen molar-refractivity contribution in [2.75, 3.05) is 13.7 Å². The highest BCUT2D eigenvalue weighted by Crippen LogP contribution is 2.17. The van der Waals surface area contributed by atoms with E-state index in [2.05, 4.69) is 5.32 Å². The molecule has 0 bridgehead atoms. The van der Waals surface area contributed by atoms with Gasteiger partial charge in [-0.2, -0.15) is 0 Å². The molecule has 0 spiro atoms. The Hall–Kier alpha value is -2.40. The molecule has 2 rings (SSSR count). The second kappa shape index (κ2) is 7.04. The number of carbonyl (C=O) groups is 1. The molecule has 5 heteroatoms. The van der Waals surface area contributed by atoms with Gasteiger partial charge in [-0.25, -0.2) is 4.39 Å². The predicted octanol–water partition coefficient (Wildman–Crippen LogP) is 2.61. The van der Waals surface area contributed by atoms with Crippen LogP contribution >= 0.6 is 0 Å². The van der Waals surface area contributed by atoms with Gasteiger partial charge in [-0.1, -0.05) is 18.2 Å². The first kappa shape index (κ1) is 16.0. The van der Waals surface area contributed by atoms with E-state index in [1.54, 1.807) is 50.4 Å². The summed E-state index contributed by atoms with van der Waals surface area (Å²) in [6.45, 7) is 1.67. The predicted molar refractivity (Wildman–Crippen MR) is 81.4 cm³/mol. The van der Waals surface area contributed by atoms with Crippen molar-refractivity contribution < 1.29 is 19.0 Å². The fourth-order valence-corrected chi connectivity index (χ4v) is 1.97. The van der Waals surface area contributed by atoms with Crippen molar-refractivity contribution >= 4 is 5.91 Å². The van der Waals surface area contributed by atoms with Crippen molar-refractivity contribution in [3.63, 3.8) is 0 Å². The van der Waals surface area contributed by atoms with Gasteiger partial charge < -0.3 is 15.2 Å². The van der Waals surface area contributed by atoms with Crippen molar-refractivity contribution in [2.45, 2.75) is 13.0 Å². The molecule has 0 aliphatic heterocycles. The van der Waals surface area contributed by atoms with Gasteiger partial charge in [0.05, 0.1) is 13.2 Å². The molecule has 2 aromatic carbocycles. The molecule has 0 saturated heterocycles. The normalized spacial score (nSPS) is 11.8. The van der Waals surface area contributed by atoms with Crippen LogP contribution in [0.4, 0.5) is 4.39 Å². The van der Waals surface area contributed by atoms with Crippen LogP contribution in [-0.2, 0) is 0 Å². The van der Waals surface area contributed by atoms with E-state index in [1.807, 2.05) is 0 Å². The smallest absolute Gasteiger partial charge is 0.251 e. The summed E-state index contributed by atoms with van der Waals surface area (Å²) in [5, 5.41) is 12.6. The van der Waals surface area contributed by atoms with Crippen LogP contribution in [0.1, 0.15) is 27.6 Å². The molecule has 0 radical (unpaired) electrons. The van der Waals surface area contributed by atoms with Gasteiger partial charge in [0, 0.05) is 12.1 Å². The first-order valence-corrected chi connectivity index (χ1v) is 6.87. The quantitative estimate of drug-likeness (QED) is 0.892. The second-order valence-corrected chi connectivity index (χ2v) is 4.96. The summed E-state index contributed by atoms with van der Waals surface area (Å²) < 4.78 is 18.5. The van der Waals surface area contributed by atoms with Crippen molar-refractivity contribution in [3.05, 3.63) is 65.0 Å². The third-order valence-corrected chi connectivity index (χ3v) is 3.39. The molecule has 2 aromatic rings. The van der Waals surface area contributed by atoms with Crippen molar-refractivity contribution in [1.29, 1.82) is 0 Å². The third-order valence-electron chi connectivity index (χ3n) is 3.39. The first-order chi connectivity index (χ1) is 10.5. The number of aliphatic hydroxyl groups is 1. The molecule has 0 aliphatic rings. The molecule has 22 heavy (non-hydrogen) atoms. The monoisotopic (exact) mass is 303 g/mol. The third kappa shape index (κ3) is 3.83. The van der Waals surface area contributed by atoms with Gasteiger partial charge in [0.15, 0.2) is 0 Å². The first-order valence-electron chi connectivity index (χ1n) is 6.87. The fourth-order valence-electron chi connectivity index (χ4n) is 1.97. The van der Waals surface area contributed by atoms with Crippen LogP contribution in [0, 0.1) is 12.7 Å². The largest absolute Gasteiger partial charge is 0.497 e. The zero-order valence-corrected chi connectivity index (χ0v) is 12.5. The maximum Gasteiger partial charge on any atom is 0.251 e. The number of aliphatic hydroxyl groups excluding tert-OH is 1. The molecule has 0 aliphatic carbocycles. The number of ether oxygens (including phenoxy) is 1. The van der Waals surface area contributed by atoms with E-state index in [0.717, 1.165) is 0 Å². The van der Waals surface area contributed by atoms with Crippen LogP contribution in [0.3, 0.4) is 0 Å². The fraction of sp³-hybridized carbons (Fsp3) is 0.235. The number of aryl methyl sites for hydroxylation is 1. The van der Waals surface area contributed by atoms with E-state index in [4.69, 9.17) is 4.74 Å². The molecular formula is C17H18FNO3. The summed E-state index contributed by atoms with van der Waals surface area (Å²) in [5.41, 5.74) is 1.37. The molecule has 4 nitrogen and oxygen atoms in total. The number of methoxy groups -OCH3 is 1. The van der Waals surface area contributed by atoms with Crippen LogP contribution in [0.5, 0.6) is 5.75 Å². The van der Waals surface area contributed by atoms with Gasteiger partial charge in [0.2, 0.25) is 0 Å². The highest BCUT2D eigenvalue weighted by atomic mass is 19.1. The minimum Gasteiger partial charge on any atom is -0.497 e. The molecule has 1 atom stereocenters. The highest BCUT2D eigenvalue weighted by Gasteiger charge is 2.12. The van der Waals surface area contributed by atoms with Crippen molar-refractivity contribution in [3.8, 4) is 5.75 Å². The Balaban J connectivity index is 1.95. The SMILES string of the molecule is COc1ccc(C(O)CNC(=O)c2ccc(C)c(F)c2)cc1. The lowest BCUT2D eigenvalue weighted by atomic mass is 10.1. The Kier molecular flexibility index (Phi) is 5.12. The summed E-state index contributed by atoms with van der Waals surface area (Å²) >= 11 is 0. The topological polar surface area (TPSA) is 58.6 Å². The Bertz CT molecular complexity index is 655. The summed E-state index contributed by atoms with van der Waals surface area (Å²) in [4.78, 5) is 11.9. The average molecular weight is 303 g/mol. The number of hydrogen-bond donors (Lipinski definition) is 2. The highest BCUT2D eigenvalue weighted by molar-refractivity contribution is 5.94. The second-order valence-electron chi connectivity index (χ2n) is 4.96. The van der Waals surface area contributed by atoms with Crippen LogP contribution < -0.4 is 10.1 Å². The maximum atomic E-state index is 13.4. The van der Waals surface area contributed by atoms with Crippen LogP contribution in [0.2, 0.25) is 0 Å². The summed E-state index contributed by atoms with van der Waals surface area (Å²) in [5.74, 6) is -0.162. The maximum absolute atomic E-state index is 13.4. The number of halogens is 1. The van der Waals surface area contributed by atoms with E-state index in [0.29, 0.717) is 16.9 Å². The molecule has 0 aromatic heterocycles. The van der Waals surface area contributed by atoms with Crippen LogP contribution in [0.15, 0.2) is 42.5 Å². The van der Waals surface area contributed by atoms with Crippen molar-refractivity contribution in [1.82, 2.24) is 5.32 Å². The zero-order chi connectivity index (χ0) is 16.1. The lowest BCUT2D eigenvalue weighted by Gasteiger charge is -2.13. The molecule has 1 amide bonds. The van der Waals surface area contributed by atoms with Gasteiger partial charge in [-0.15, -0.1) is 0 Å². The Morgan fingerprint density at radius 1 is 1.27 bits per heavy atom. The molecule has 2 N–H and O–H groups in total. The van der Waals surface area contributed by atoms with Crippen LogP contribution in [-0.4, -0.2) is 24.7 Å². The van der Waals surface area contributed by atoms with Crippen LogP contribution in [0.25, 0.3) is 0 Å². The number of nitrogens with one attached hydrogen (secondary N) is 1. The van der Waals surface area contributed by atoms with Crippen molar-refractivity contribution in [2.24, 2.45) is 0 Å². The summed E-state index contributed by atoms with van der Waals surface area (Å²) in [6, 6.07) is 11.2. The van der Waals surface area contributed by atoms with E-state index < -0.39 is 17.8 Å². The van der Waals surface area contributed by atoms with E-state index >= 15 is 0 Å². The van der Waals surface area contributed by atoms with Gasteiger partial charge in [-0.05, 0) is 42.3 Å². The van der Waals surface area contributed by atoms with Gasteiger partial charge in [0.25, 0.3) is 5.91 Å². The van der Waals surface area contributed by atoms with E-state index in [9.17, 15) is 14.3 Å². The van der Waals surface area contributed by atoms with Gasteiger partial charge in [0.1, 0.15) is 11.6 Å². The zero-order valence-electron chi connectivity index (χ0n) is 12.5. The molecule has 1 unspecified atom stereocenters. The number of benzene rings is 2. The lowest BCUT2D eigenvalue weighted by Crippen LogP contribution is -2.28. The number of hydrogen-bond acceptors (Lipinski definition) is 3. The summed E-state index contributed by atoms with van der Waals surface area (Å²) in [7, 11) is 1.56. The number of carbonyl (C=O) groups excluding carboxylic acids is 1. The molecule has 0 saturated carbocycles. The standard InChI is InChI=1S/C17H18FNO3/c1-11-3-4-13(9-15(11)18)17(21)19-10-16(20)12-5-7-14(22-2)8-6-12/h3-9,16,20H,10H2,1-2H3,(H,19,21). The molecule has 116 valence electrons. The molecule has 0 heterocycles. The van der Waals surface area contributed by atoms with Gasteiger partial charge in [-0.3, -0.25) is 4.79 Å². The summed E-state index contributed by atoms with van der Waals surface area (Å²) in [6.07, 6.45) is -0.842. The minimum absolute atomic E-state index is 0.0423. The molecule has 0 fully saturated rings. The Morgan fingerprint density at radius 3 is 2.55 bits per heavy atom. The Labute approximate surface area is 128 Å². The average Bonchev–Trinajstić information content (AvgIpc) is 2.54. The van der Waals surface area contributed by atoms with Gasteiger partial charge >= 0.3 is 0 Å². The number of amides is 1. The van der Waals surface area contributed by atoms with E-state index in [1.165, 1.54) is 6.07 Å². The Morgan fingerprint density at radius 2 is 1.95 bits per heavy atom. The lowest BCUT2D eigenvalue weighted by molar-refractivity contribution is 0.0916. The molecular weight excluding hydrogens is 285 g/mol. The number of rotatable bonds is 5. The minimum atomic E-state index is -0.842.